The minimum atomic E-state index is -0.609. The molecule has 0 aliphatic carbocycles. The van der Waals surface area contributed by atoms with E-state index >= 15 is 0 Å². The van der Waals surface area contributed by atoms with Gasteiger partial charge in [-0.2, -0.15) is 5.10 Å². The van der Waals surface area contributed by atoms with Crippen LogP contribution in [0.5, 0.6) is 0 Å². The van der Waals surface area contributed by atoms with Gasteiger partial charge < -0.3 is 5.73 Å². The number of hydrogen-bond acceptors (Lipinski definition) is 3. The first-order valence-corrected chi connectivity index (χ1v) is 6.11. The van der Waals surface area contributed by atoms with Gasteiger partial charge in [0, 0.05) is 13.1 Å². The Bertz CT molecular complexity index is 430. The number of nitrogens with zero attached hydrogens (tertiary/aromatic N) is 2. The molecule has 1 saturated heterocycles. The Hall–Kier alpha value is -1.88. The number of nitrogens with one attached hydrogen (secondary N) is 1. The molecule has 1 aromatic carbocycles. The maximum Gasteiger partial charge on any atom is 0.332 e. The molecule has 5 heteroatoms. The second kappa shape index (κ2) is 6.16. The summed E-state index contributed by atoms with van der Waals surface area (Å²) in [5, 5.41) is 4.03. The van der Waals surface area contributed by atoms with Crippen molar-refractivity contribution in [3.63, 3.8) is 0 Å². The average molecular weight is 246 g/mol. The van der Waals surface area contributed by atoms with E-state index in [1.165, 1.54) is 5.56 Å². The number of primary amides is 1. The van der Waals surface area contributed by atoms with Gasteiger partial charge in [0.25, 0.3) is 0 Å². The maximum atomic E-state index is 10.6. The van der Waals surface area contributed by atoms with E-state index in [1.54, 1.807) is 0 Å². The number of benzene rings is 1. The van der Waals surface area contributed by atoms with Gasteiger partial charge in [-0.15, -0.1) is 0 Å². The Labute approximate surface area is 107 Å². The molecule has 1 aliphatic heterocycles. The van der Waals surface area contributed by atoms with E-state index in [0.717, 1.165) is 38.2 Å². The monoisotopic (exact) mass is 246 g/mol. The zero-order valence-electron chi connectivity index (χ0n) is 10.3. The summed E-state index contributed by atoms with van der Waals surface area (Å²) in [6, 6.07) is 9.73. The van der Waals surface area contributed by atoms with Crippen molar-refractivity contribution >= 4 is 11.7 Å². The van der Waals surface area contributed by atoms with Crippen molar-refractivity contribution < 1.29 is 4.79 Å². The van der Waals surface area contributed by atoms with Crippen molar-refractivity contribution in [1.29, 1.82) is 0 Å². The number of carbonyl (C=O) groups is 1. The van der Waals surface area contributed by atoms with Gasteiger partial charge in [-0.3, -0.25) is 4.90 Å². The zero-order chi connectivity index (χ0) is 12.8. The van der Waals surface area contributed by atoms with Gasteiger partial charge in [0.05, 0.1) is 5.71 Å². The van der Waals surface area contributed by atoms with Crippen molar-refractivity contribution in [1.82, 2.24) is 10.3 Å². The lowest BCUT2D eigenvalue weighted by molar-refractivity contribution is 0.248. The Morgan fingerprint density at radius 1 is 1.39 bits per heavy atom. The molecule has 1 heterocycles. The van der Waals surface area contributed by atoms with Crippen molar-refractivity contribution in [3.8, 4) is 0 Å². The molecule has 1 fully saturated rings. The van der Waals surface area contributed by atoms with Gasteiger partial charge in [-0.25, -0.2) is 10.2 Å². The van der Waals surface area contributed by atoms with Gasteiger partial charge >= 0.3 is 6.03 Å². The molecule has 1 aromatic rings. The van der Waals surface area contributed by atoms with E-state index in [4.69, 9.17) is 5.73 Å². The molecule has 0 atom stereocenters. The van der Waals surface area contributed by atoms with Crippen LogP contribution in [-0.2, 0) is 6.54 Å². The Balaban J connectivity index is 1.91. The predicted molar refractivity (Wildman–Crippen MR) is 71.1 cm³/mol. The van der Waals surface area contributed by atoms with Crippen LogP contribution in [0.25, 0.3) is 0 Å². The first-order chi connectivity index (χ1) is 8.74. The Morgan fingerprint density at radius 2 is 2.17 bits per heavy atom. The van der Waals surface area contributed by atoms with E-state index < -0.39 is 6.03 Å². The molecule has 18 heavy (non-hydrogen) atoms. The van der Waals surface area contributed by atoms with Gasteiger partial charge in [0.2, 0.25) is 0 Å². The third-order valence-electron chi connectivity index (χ3n) is 2.92. The third-order valence-corrected chi connectivity index (χ3v) is 2.92. The number of likely N-dealkylation sites (tertiary alicyclic amines) is 1. The fraction of sp³-hybridized carbons (Fsp3) is 0.385. The SMILES string of the molecule is NC(=O)NN=C1CCCN(Cc2ccccc2)C1. The molecule has 0 radical (unpaired) electrons. The Morgan fingerprint density at radius 3 is 2.89 bits per heavy atom. The van der Waals surface area contributed by atoms with Crippen LogP contribution in [-0.4, -0.2) is 29.7 Å². The molecule has 0 spiro atoms. The molecule has 96 valence electrons. The minimum absolute atomic E-state index is 0.609. The number of amides is 2. The first kappa shape index (κ1) is 12.6. The highest BCUT2D eigenvalue weighted by atomic mass is 16.2. The summed E-state index contributed by atoms with van der Waals surface area (Å²) >= 11 is 0. The van der Waals surface area contributed by atoms with E-state index in [9.17, 15) is 4.79 Å². The summed E-state index contributed by atoms with van der Waals surface area (Å²) in [7, 11) is 0. The van der Waals surface area contributed by atoms with Gasteiger partial charge in [-0.05, 0) is 24.9 Å². The summed E-state index contributed by atoms with van der Waals surface area (Å²) < 4.78 is 0. The van der Waals surface area contributed by atoms with E-state index in [1.807, 2.05) is 18.2 Å². The van der Waals surface area contributed by atoms with Crippen LogP contribution in [0, 0.1) is 0 Å². The number of piperidine rings is 1. The first-order valence-electron chi connectivity index (χ1n) is 6.11. The molecular formula is C13H18N4O. The van der Waals surface area contributed by atoms with Crippen LogP contribution in [0.1, 0.15) is 18.4 Å². The van der Waals surface area contributed by atoms with Gasteiger partial charge in [-0.1, -0.05) is 30.3 Å². The molecule has 1 aliphatic rings. The predicted octanol–water partition coefficient (Wildman–Crippen LogP) is 1.31. The molecule has 2 rings (SSSR count). The standard InChI is InChI=1S/C13H18N4O/c14-13(18)16-15-12-7-4-8-17(10-12)9-11-5-2-1-3-6-11/h1-3,5-6H,4,7-10H2,(H3,14,16,18). The van der Waals surface area contributed by atoms with Crippen molar-refractivity contribution in [2.45, 2.75) is 19.4 Å². The molecule has 0 bridgehead atoms. The van der Waals surface area contributed by atoms with E-state index in [2.05, 4.69) is 27.6 Å². The third kappa shape index (κ3) is 3.85. The largest absolute Gasteiger partial charge is 0.350 e. The minimum Gasteiger partial charge on any atom is -0.350 e. The van der Waals surface area contributed by atoms with Crippen molar-refractivity contribution in [2.75, 3.05) is 13.1 Å². The lowest BCUT2D eigenvalue weighted by atomic mass is 10.1. The lowest BCUT2D eigenvalue weighted by Crippen LogP contribution is -2.37. The fourth-order valence-corrected chi connectivity index (χ4v) is 2.12. The molecular weight excluding hydrogens is 228 g/mol. The van der Waals surface area contributed by atoms with Gasteiger partial charge in [0.1, 0.15) is 0 Å². The molecule has 0 aromatic heterocycles. The summed E-state index contributed by atoms with van der Waals surface area (Å²) in [6.45, 7) is 2.76. The molecule has 0 saturated carbocycles. The Kier molecular flexibility index (Phi) is 4.30. The van der Waals surface area contributed by atoms with Crippen molar-refractivity contribution in [2.24, 2.45) is 10.8 Å². The average Bonchev–Trinajstić information content (AvgIpc) is 2.38. The van der Waals surface area contributed by atoms with E-state index in [-0.39, 0.29) is 0 Å². The maximum absolute atomic E-state index is 10.6. The highest BCUT2D eigenvalue weighted by Gasteiger charge is 2.15. The summed E-state index contributed by atoms with van der Waals surface area (Å²) in [4.78, 5) is 12.9. The second-order valence-electron chi connectivity index (χ2n) is 4.45. The molecule has 0 unspecified atom stereocenters. The number of hydrazone groups is 1. The molecule has 5 nitrogen and oxygen atoms in total. The quantitative estimate of drug-likeness (QED) is 0.789. The van der Waals surface area contributed by atoms with Crippen molar-refractivity contribution in [3.05, 3.63) is 35.9 Å². The smallest absolute Gasteiger partial charge is 0.332 e. The highest BCUT2D eigenvalue weighted by Crippen LogP contribution is 2.11. The van der Waals surface area contributed by atoms with Crippen LogP contribution in [0.2, 0.25) is 0 Å². The highest BCUT2D eigenvalue weighted by molar-refractivity contribution is 5.88. The number of rotatable bonds is 3. The normalized spacial score (nSPS) is 18.8. The van der Waals surface area contributed by atoms with Crippen LogP contribution < -0.4 is 11.2 Å². The fourth-order valence-electron chi connectivity index (χ4n) is 2.12. The zero-order valence-corrected chi connectivity index (χ0v) is 10.3. The summed E-state index contributed by atoms with van der Waals surface area (Å²) in [5.41, 5.74) is 9.57. The number of urea groups is 1. The molecule has 3 N–H and O–H groups in total. The van der Waals surface area contributed by atoms with E-state index in [0.29, 0.717) is 0 Å². The number of nitrogens with two attached hydrogens (primary N) is 1. The number of hydrogen-bond donors (Lipinski definition) is 2. The van der Waals surface area contributed by atoms with Crippen LogP contribution in [0.3, 0.4) is 0 Å². The van der Waals surface area contributed by atoms with Crippen LogP contribution >= 0.6 is 0 Å². The van der Waals surface area contributed by atoms with Gasteiger partial charge in [0.15, 0.2) is 0 Å². The van der Waals surface area contributed by atoms with Crippen LogP contribution in [0.15, 0.2) is 35.4 Å². The molecule has 2 amide bonds. The van der Waals surface area contributed by atoms with Crippen LogP contribution in [0.4, 0.5) is 4.79 Å². The number of carbonyl (C=O) groups excluding carboxylic acids is 1. The second-order valence-corrected chi connectivity index (χ2v) is 4.45. The lowest BCUT2D eigenvalue weighted by Gasteiger charge is -2.27. The summed E-state index contributed by atoms with van der Waals surface area (Å²) in [5.74, 6) is 0. The summed E-state index contributed by atoms with van der Waals surface area (Å²) in [6.07, 6.45) is 1.98. The topological polar surface area (TPSA) is 70.7 Å².